The van der Waals surface area contributed by atoms with Crippen molar-refractivity contribution in [3.05, 3.63) is 46.1 Å². The van der Waals surface area contributed by atoms with E-state index in [0.717, 1.165) is 53.4 Å². The fraction of sp³-hybridized carbons (Fsp3) is 0.350. The van der Waals surface area contributed by atoms with Crippen molar-refractivity contribution in [2.45, 2.75) is 26.7 Å². The van der Waals surface area contributed by atoms with E-state index in [-0.39, 0.29) is 5.91 Å². The second-order valence-electron chi connectivity index (χ2n) is 7.07. The van der Waals surface area contributed by atoms with E-state index >= 15 is 0 Å². The average Bonchev–Trinajstić information content (AvgIpc) is 3.00. The molecule has 1 saturated heterocycles. The predicted molar refractivity (Wildman–Crippen MR) is 112 cm³/mol. The number of piperidine rings is 1. The first kappa shape index (κ1) is 18.2. The number of benzene rings is 1. The minimum absolute atomic E-state index is 0.143. The lowest BCUT2D eigenvalue weighted by atomic mass is 9.99. The van der Waals surface area contributed by atoms with Gasteiger partial charge in [0.25, 0.3) is 5.91 Å². The summed E-state index contributed by atoms with van der Waals surface area (Å²) in [4.78, 5) is 25.7. The number of thiophene rings is 1. The number of anilines is 2. The van der Waals surface area contributed by atoms with Gasteiger partial charge in [-0.15, -0.1) is 11.3 Å². The van der Waals surface area contributed by atoms with Gasteiger partial charge < -0.3 is 10.2 Å². The van der Waals surface area contributed by atoms with Gasteiger partial charge in [-0.05, 0) is 49.4 Å². The van der Waals surface area contributed by atoms with Crippen LogP contribution in [0.25, 0.3) is 10.2 Å². The third-order valence-electron chi connectivity index (χ3n) is 5.08. The van der Waals surface area contributed by atoms with Crippen LogP contribution in [0.1, 0.15) is 35.0 Å². The molecule has 5 nitrogen and oxygen atoms in total. The Kier molecular flexibility index (Phi) is 5.02. The van der Waals surface area contributed by atoms with Crippen molar-refractivity contribution >= 4 is 50.6 Å². The molecule has 2 aromatic heterocycles. The van der Waals surface area contributed by atoms with E-state index in [1.807, 2.05) is 19.1 Å². The van der Waals surface area contributed by atoms with Crippen LogP contribution in [-0.4, -0.2) is 29.0 Å². The fourth-order valence-corrected chi connectivity index (χ4v) is 4.71. The standard InChI is InChI=1S/C20H21ClN4OS/c1-12-6-8-25(9-7-12)18-16-13(2)17(27-20(16)23-11-22-18)19(26)24-15-5-3-4-14(21)10-15/h3-5,10-12H,6-9H2,1-2H3,(H,24,26). The van der Waals surface area contributed by atoms with Crippen molar-refractivity contribution in [2.24, 2.45) is 5.92 Å². The zero-order chi connectivity index (χ0) is 19.0. The second kappa shape index (κ2) is 7.44. The molecule has 27 heavy (non-hydrogen) atoms. The van der Waals surface area contributed by atoms with Crippen LogP contribution in [0.5, 0.6) is 0 Å². The molecule has 4 rings (SSSR count). The van der Waals surface area contributed by atoms with Gasteiger partial charge in [-0.1, -0.05) is 24.6 Å². The number of amides is 1. The number of carbonyl (C=O) groups excluding carboxylic acids is 1. The summed E-state index contributed by atoms with van der Waals surface area (Å²) < 4.78 is 0. The fourth-order valence-electron chi connectivity index (χ4n) is 3.48. The molecule has 1 aromatic carbocycles. The Morgan fingerprint density at radius 2 is 2.07 bits per heavy atom. The molecule has 3 heterocycles. The number of nitrogens with zero attached hydrogens (tertiary/aromatic N) is 3. The van der Waals surface area contributed by atoms with Gasteiger partial charge in [-0.2, -0.15) is 0 Å². The van der Waals surface area contributed by atoms with Crippen LogP contribution in [0.2, 0.25) is 5.02 Å². The van der Waals surface area contributed by atoms with Crippen molar-refractivity contribution in [3.8, 4) is 0 Å². The highest BCUT2D eigenvalue weighted by Crippen LogP contribution is 2.36. The Bertz CT molecular complexity index is 995. The first-order valence-electron chi connectivity index (χ1n) is 9.09. The van der Waals surface area contributed by atoms with Crippen LogP contribution in [0, 0.1) is 12.8 Å². The number of carbonyl (C=O) groups is 1. The van der Waals surface area contributed by atoms with E-state index in [1.54, 1.807) is 18.5 Å². The predicted octanol–water partition coefficient (Wildman–Crippen LogP) is 5.14. The van der Waals surface area contributed by atoms with Gasteiger partial charge in [0.15, 0.2) is 0 Å². The number of fused-ring (bicyclic) bond motifs is 1. The molecule has 1 aliphatic rings. The van der Waals surface area contributed by atoms with Gasteiger partial charge in [0.2, 0.25) is 0 Å². The van der Waals surface area contributed by atoms with Crippen molar-refractivity contribution in [3.63, 3.8) is 0 Å². The van der Waals surface area contributed by atoms with Gasteiger partial charge in [-0.25, -0.2) is 9.97 Å². The molecule has 3 aromatic rings. The summed E-state index contributed by atoms with van der Waals surface area (Å²) in [7, 11) is 0. The first-order chi connectivity index (χ1) is 13.0. The minimum Gasteiger partial charge on any atom is -0.356 e. The highest BCUT2D eigenvalue weighted by molar-refractivity contribution is 7.20. The van der Waals surface area contributed by atoms with Gasteiger partial charge >= 0.3 is 0 Å². The molecule has 1 N–H and O–H groups in total. The maximum absolute atomic E-state index is 12.8. The molecule has 140 valence electrons. The summed E-state index contributed by atoms with van der Waals surface area (Å²) in [5, 5.41) is 4.52. The largest absolute Gasteiger partial charge is 0.356 e. The van der Waals surface area contributed by atoms with Crippen LogP contribution in [-0.2, 0) is 0 Å². The zero-order valence-electron chi connectivity index (χ0n) is 15.3. The normalized spacial score (nSPS) is 15.3. The van der Waals surface area contributed by atoms with Gasteiger partial charge in [0.05, 0.1) is 10.3 Å². The second-order valence-corrected chi connectivity index (χ2v) is 8.50. The highest BCUT2D eigenvalue weighted by Gasteiger charge is 2.24. The molecule has 0 spiro atoms. The summed E-state index contributed by atoms with van der Waals surface area (Å²) in [5.41, 5.74) is 1.62. The number of rotatable bonds is 3. The molecule has 0 bridgehead atoms. The lowest BCUT2D eigenvalue weighted by molar-refractivity contribution is 0.103. The summed E-state index contributed by atoms with van der Waals surface area (Å²) >= 11 is 7.43. The molecule has 0 saturated carbocycles. The van der Waals surface area contributed by atoms with Crippen LogP contribution in [0.4, 0.5) is 11.5 Å². The van der Waals surface area contributed by atoms with Gasteiger partial charge in [0, 0.05) is 23.8 Å². The smallest absolute Gasteiger partial charge is 0.266 e. The molecule has 0 radical (unpaired) electrons. The Morgan fingerprint density at radius 3 is 2.81 bits per heavy atom. The summed E-state index contributed by atoms with van der Waals surface area (Å²) in [6, 6.07) is 7.16. The topological polar surface area (TPSA) is 58.1 Å². The van der Waals surface area contributed by atoms with E-state index in [2.05, 4.69) is 27.1 Å². The molecular weight excluding hydrogens is 380 g/mol. The van der Waals surface area contributed by atoms with E-state index in [9.17, 15) is 4.79 Å². The molecule has 1 amide bonds. The lowest BCUT2D eigenvalue weighted by Crippen LogP contribution is -2.33. The molecule has 0 atom stereocenters. The monoisotopic (exact) mass is 400 g/mol. The summed E-state index contributed by atoms with van der Waals surface area (Å²) in [6.45, 7) is 6.26. The van der Waals surface area contributed by atoms with Crippen LogP contribution in [0.3, 0.4) is 0 Å². The third kappa shape index (κ3) is 3.64. The van der Waals surface area contributed by atoms with E-state index in [4.69, 9.17) is 11.6 Å². The SMILES string of the molecule is Cc1c(C(=O)Nc2cccc(Cl)c2)sc2ncnc(N3CCC(C)CC3)c12. The van der Waals surface area contributed by atoms with E-state index < -0.39 is 0 Å². The molecule has 0 aliphatic carbocycles. The quantitative estimate of drug-likeness (QED) is 0.661. The Balaban J connectivity index is 1.67. The van der Waals surface area contributed by atoms with E-state index in [1.165, 1.54) is 11.3 Å². The van der Waals surface area contributed by atoms with E-state index in [0.29, 0.717) is 15.6 Å². The average molecular weight is 401 g/mol. The third-order valence-corrected chi connectivity index (χ3v) is 6.51. The number of nitrogens with one attached hydrogen (secondary N) is 1. The number of aryl methyl sites for hydroxylation is 1. The molecule has 1 aliphatic heterocycles. The van der Waals surface area contributed by atoms with Crippen molar-refractivity contribution < 1.29 is 4.79 Å². The molecular formula is C20H21ClN4OS. The molecule has 7 heteroatoms. The molecule has 0 unspecified atom stereocenters. The van der Waals surface area contributed by atoms with Crippen LogP contribution >= 0.6 is 22.9 Å². The van der Waals surface area contributed by atoms with Crippen LogP contribution < -0.4 is 10.2 Å². The summed E-state index contributed by atoms with van der Waals surface area (Å²) in [6.07, 6.45) is 3.93. The lowest BCUT2D eigenvalue weighted by Gasteiger charge is -2.31. The van der Waals surface area contributed by atoms with Crippen molar-refractivity contribution in [1.82, 2.24) is 9.97 Å². The number of aromatic nitrogens is 2. The van der Waals surface area contributed by atoms with Crippen LogP contribution in [0.15, 0.2) is 30.6 Å². The number of hydrogen-bond acceptors (Lipinski definition) is 5. The van der Waals surface area contributed by atoms with Crippen molar-refractivity contribution in [2.75, 3.05) is 23.3 Å². The number of hydrogen-bond donors (Lipinski definition) is 1. The first-order valence-corrected chi connectivity index (χ1v) is 10.3. The Labute approximate surface area is 167 Å². The Hall–Kier alpha value is -2.18. The maximum Gasteiger partial charge on any atom is 0.266 e. The van der Waals surface area contributed by atoms with Gasteiger partial charge in [-0.3, -0.25) is 4.79 Å². The molecule has 1 fully saturated rings. The van der Waals surface area contributed by atoms with Crippen molar-refractivity contribution in [1.29, 1.82) is 0 Å². The highest BCUT2D eigenvalue weighted by atomic mass is 35.5. The summed E-state index contributed by atoms with van der Waals surface area (Å²) in [5.74, 6) is 1.56. The minimum atomic E-state index is -0.143. The Morgan fingerprint density at radius 1 is 1.30 bits per heavy atom. The maximum atomic E-state index is 12.8. The number of halogens is 1. The zero-order valence-corrected chi connectivity index (χ0v) is 16.9. The van der Waals surface area contributed by atoms with Gasteiger partial charge in [0.1, 0.15) is 17.0 Å².